The minimum absolute atomic E-state index is 0.362. The van der Waals surface area contributed by atoms with Crippen LogP contribution in [-0.2, 0) is 0 Å². The van der Waals surface area contributed by atoms with Gasteiger partial charge in [0.05, 0.1) is 22.9 Å². The number of rotatable bonds is 5. The number of aromatic nitrogens is 1. The Morgan fingerprint density at radius 2 is 2.10 bits per heavy atom. The Hall–Kier alpha value is -1.97. The number of halogens is 2. The van der Waals surface area contributed by atoms with Crippen molar-refractivity contribution in [2.45, 2.75) is 0 Å². The zero-order valence-corrected chi connectivity index (χ0v) is 13.0. The maximum atomic E-state index is 6.09. The van der Waals surface area contributed by atoms with E-state index in [1.807, 2.05) is 18.2 Å². The first-order valence-corrected chi connectivity index (χ1v) is 6.89. The fraction of sp³-hybridized carbons (Fsp3) is 0.0625. The van der Waals surface area contributed by atoms with E-state index in [-0.39, 0.29) is 0 Å². The maximum Gasteiger partial charge on any atom is 0.137 e. The lowest BCUT2D eigenvalue weighted by atomic mass is 10.2. The van der Waals surface area contributed by atoms with Gasteiger partial charge < -0.3 is 10.1 Å². The normalized spacial score (nSPS) is 10.0. The highest BCUT2D eigenvalue weighted by Gasteiger charge is 2.07. The van der Waals surface area contributed by atoms with Crippen molar-refractivity contribution in [3.05, 3.63) is 59.8 Å². The number of hydrogen-bond acceptors (Lipinski definition) is 3. The van der Waals surface area contributed by atoms with E-state index in [1.54, 1.807) is 25.3 Å². The number of nitrogens with one attached hydrogen (secondary N) is 1. The third-order valence-corrected chi connectivity index (χ3v) is 3.30. The quantitative estimate of drug-likeness (QED) is 0.807. The van der Waals surface area contributed by atoms with Gasteiger partial charge in [0.2, 0.25) is 0 Å². The highest BCUT2D eigenvalue weighted by Crippen LogP contribution is 2.29. The van der Waals surface area contributed by atoms with Gasteiger partial charge in [0.15, 0.2) is 0 Å². The van der Waals surface area contributed by atoms with Crippen molar-refractivity contribution in [2.24, 2.45) is 0 Å². The first-order chi connectivity index (χ1) is 10.0. The lowest BCUT2D eigenvalue weighted by Gasteiger charge is -2.10. The lowest BCUT2D eigenvalue weighted by Crippen LogP contribution is -1.98. The lowest BCUT2D eigenvalue weighted by molar-refractivity contribution is 0.415. The van der Waals surface area contributed by atoms with Crippen LogP contribution in [-0.4, -0.2) is 12.1 Å². The number of ether oxygens (including phenoxy) is 1. The van der Waals surface area contributed by atoms with Crippen LogP contribution in [0.4, 0.5) is 11.5 Å². The summed E-state index contributed by atoms with van der Waals surface area (Å²) in [6.07, 6.45) is 1.68. The zero-order chi connectivity index (χ0) is 15.4. The van der Waals surface area contributed by atoms with E-state index >= 15 is 0 Å². The van der Waals surface area contributed by atoms with Gasteiger partial charge in [0.25, 0.3) is 0 Å². The van der Waals surface area contributed by atoms with Crippen molar-refractivity contribution in [3.63, 3.8) is 0 Å². The summed E-state index contributed by atoms with van der Waals surface area (Å²) in [6.45, 7) is 7.44. The summed E-state index contributed by atoms with van der Waals surface area (Å²) in [6, 6.07) is 9.10. The van der Waals surface area contributed by atoms with E-state index in [2.05, 4.69) is 23.5 Å². The molecule has 21 heavy (non-hydrogen) atoms. The van der Waals surface area contributed by atoms with Gasteiger partial charge in [-0.05, 0) is 30.3 Å². The second-order valence-electron chi connectivity index (χ2n) is 4.22. The average molecular weight is 321 g/mol. The molecule has 0 bridgehead atoms. The summed E-state index contributed by atoms with van der Waals surface area (Å²) in [4.78, 5) is 4.42. The summed E-state index contributed by atoms with van der Waals surface area (Å²) in [5, 5.41) is 4.04. The third-order valence-electron chi connectivity index (χ3n) is 2.83. The van der Waals surface area contributed by atoms with Crippen molar-refractivity contribution >= 4 is 45.8 Å². The molecular formula is C16H14Cl2N2O. The Bertz CT molecular complexity index is 699. The fourth-order valence-corrected chi connectivity index (χ4v) is 2.22. The number of benzene rings is 1. The second kappa shape index (κ2) is 6.66. The fourth-order valence-electron chi connectivity index (χ4n) is 1.81. The van der Waals surface area contributed by atoms with Crippen LogP contribution in [0.25, 0.3) is 11.1 Å². The molecule has 3 nitrogen and oxygen atoms in total. The van der Waals surface area contributed by atoms with Gasteiger partial charge >= 0.3 is 0 Å². The molecule has 1 N–H and O–H groups in total. The Morgan fingerprint density at radius 1 is 1.33 bits per heavy atom. The Balaban J connectivity index is 2.31. The van der Waals surface area contributed by atoms with Crippen LogP contribution in [0, 0.1) is 0 Å². The molecule has 0 fully saturated rings. The molecule has 1 aromatic heterocycles. The molecule has 2 aromatic rings. The van der Waals surface area contributed by atoms with Crippen molar-refractivity contribution in [3.8, 4) is 5.75 Å². The number of nitrogens with zero attached hydrogens (tertiary/aromatic N) is 1. The van der Waals surface area contributed by atoms with Crippen LogP contribution < -0.4 is 10.1 Å². The van der Waals surface area contributed by atoms with E-state index < -0.39 is 0 Å². The first-order valence-electron chi connectivity index (χ1n) is 6.14. The molecule has 0 aliphatic heterocycles. The smallest absolute Gasteiger partial charge is 0.137 e. The molecule has 0 radical (unpaired) electrons. The largest absolute Gasteiger partial charge is 0.495 e. The van der Waals surface area contributed by atoms with Gasteiger partial charge in [0, 0.05) is 11.3 Å². The van der Waals surface area contributed by atoms with Gasteiger partial charge in [-0.15, -0.1) is 0 Å². The summed E-state index contributed by atoms with van der Waals surface area (Å²) in [5.74, 6) is 1.26. The molecule has 5 heteroatoms. The van der Waals surface area contributed by atoms with Crippen molar-refractivity contribution in [1.82, 2.24) is 4.98 Å². The number of anilines is 2. The topological polar surface area (TPSA) is 34.1 Å². The summed E-state index contributed by atoms with van der Waals surface area (Å²) in [7, 11) is 1.57. The molecule has 0 aliphatic carbocycles. The molecule has 2 rings (SSSR count). The van der Waals surface area contributed by atoms with Gasteiger partial charge in [-0.25, -0.2) is 4.98 Å². The Morgan fingerprint density at radius 3 is 2.67 bits per heavy atom. The van der Waals surface area contributed by atoms with Gasteiger partial charge in [-0.2, -0.15) is 0 Å². The van der Waals surface area contributed by atoms with E-state index in [1.165, 1.54) is 0 Å². The van der Waals surface area contributed by atoms with Gasteiger partial charge in [-0.3, -0.25) is 0 Å². The van der Waals surface area contributed by atoms with Crippen LogP contribution in [0.1, 0.15) is 11.3 Å². The second-order valence-corrected chi connectivity index (χ2v) is 5.08. The number of hydrogen-bond donors (Lipinski definition) is 1. The monoisotopic (exact) mass is 320 g/mol. The van der Waals surface area contributed by atoms with Crippen molar-refractivity contribution in [2.75, 3.05) is 12.4 Å². The third kappa shape index (κ3) is 3.57. The molecule has 1 heterocycles. The minimum atomic E-state index is 0.362. The molecule has 0 saturated heterocycles. The van der Waals surface area contributed by atoms with Crippen LogP contribution in [0.15, 0.2) is 43.5 Å². The molecule has 1 aromatic carbocycles. The number of pyridine rings is 1. The molecule has 0 saturated carbocycles. The van der Waals surface area contributed by atoms with E-state index in [0.717, 1.165) is 11.3 Å². The number of methoxy groups -OCH3 is 1. The Kier molecular flexibility index (Phi) is 4.89. The first kappa shape index (κ1) is 15.4. The summed E-state index contributed by atoms with van der Waals surface area (Å²) < 4.78 is 5.12. The minimum Gasteiger partial charge on any atom is -0.495 e. The standard InChI is InChI=1S/C16H14Cl2N2O/c1-4-11-5-8-15(20-16(11)10(2)17)19-12-6-7-14(21-3)13(18)9-12/h4-9H,1-2H2,3H3,(H,19,20). The highest BCUT2D eigenvalue weighted by atomic mass is 35.5. The molecular weight excluding hydrogens is 307 g/mol. The summed E-state index contributed by atoms with van der Waals surface area (Å²) >= 11 is 12.0. The molecule has 108 valence electrons. The average Bonchev–Trinajstić information content (AvgIpc) is 2.47. The predicted molar refractivity (Wildman–Crippen MR) is 90.5 cm³/mol. The van der Waals surface area contributed by atoms with Gasteiger partial charge in [-0.1, -0.05) is 42.4 Å². The van der Waals surface area contributed by atoms with E-state index in [9.17, 15) is 0 Å². The zero-order valence-electron chi connectivity index (χ0n) is 11.5. The van der Waals surface area contributed by atoms with E-state index in [0.29, 0.717) is 27.3 Å². The van der Waals surface area contributed by atoms with Gasteiger partial charge in [0.1, 0.15) is 11.6 Å². The molecule has 0 atom stereocenters. The molecule has 0 unspecified atom stereocenters. The highest BCUT2D eigenvalue weighted by molar-refractivity contribution is 6.48. The predicted octanol–water partition coefficient (Wildman–Crippen LogP) is 5.34. The van der Waals surface area contributed by atoms with Crippen LogP contribution >= 0.6 is 23.2 Å². The van der Waals surface area contributed by atoms with Crippen LogP contribution in [0.5, 0.6) is 5.75 Å². The Labute approximate surface area is 133 Å². The van der Waals surface area contributed by atoms with E-state index in [4.69, 9.17) is 27.9 Å². The molecule has 0 amide bonds. The maximum absolute atomic E-state index is 6.09. The van der Waals surface area contributed by atoms with Crippen molar-refractivity contribution in [1.29, 1.82) is 0 Å². The van der Waals surface area contributed by atoms with Crippen LogP contribution in [0.2, 0.25) is 5.02 Å². The van der Waals surface area contributed by atoms with Crippen molar-refractivity contribution < 1.29 is 4.74 Å². The SMILES string of the molecule is C=Cc1ccc(Nc2ccc(OC)c(Cl)c2)nc1C(=C)Cl. The summed E-state index contributed by atoms with van der Waals surface area (Å²) in [5.41, 5.74) is 2.22. The van der Waals surface area contributed by atoms with Crippen LogP contribution in [0.3, 0.4) is 0 Å². The molecule has 0 aliphatic rings. The molecule has 0 spiro atoms.